The minimum absolute atomic E-state index is 0.00532. The molecule has 2 N–H and O–H groups in total. The van der Waals surface area contributed by atoms with Gasteiger partial charge in [-0.15, -0.1) is 24.9 Å². The van der Waals surface area contributed by atoms with E-state index in [9.17, 15) is 27.6 Å². The highest BCUT2D eigenvalue weighted by atomic mass is 32.2. The Labute approximate surface area is 204 Å². The van der Waals surface area contributed by atoms with Gasteiger partial charge in [0.2, 0.25) is 0 Å². The van der Waals surface area contributed by atoms with Gasteiger partial charge in [0.1, 0.15) is 11.4 Å². The lowest BCUT2D eigenvalue weighted by Gasteiger charge is -2.22. The molecule has 1 aromatic carbocycles. The van der Waals surface area contributed by atoms with Crippen molar-refractivity contribution in [3.8, 4) is 5.75 Å². The van der Waals surface area contributed by atoms with Crippen LogP contribution < -0.4 is 20.9 Å². The van der Waals surface area contributed by atoms with Crippen LogP contribution in [0.15, 0.2) is 40.2 Å². The number of halogens is 3. The number of rotatable bonds is 6. The Bertz CT molecular complexity index is 1160. The van der Waals surface area contributed by atoms with Crippen LogP contribution in [0.5, 0.6) is 5.75 Å². The maximum atomic E-state index is 13.4. The molecule has 3 rings (SSSR count). The summed E-state index contributed by atoms with van der Waals surface area (Å²) in [6.45, 7) is 7.28. The second-order valence-electron chi connectivity index (χ2n) is 8.78. The van der Waals surface area contributed by atoms with Gasteiger partial charge in [-0.05, 0) is 45.4 Å². The van der Waals surface area contributed by atoms with Crippen molar-refractivity contribution in [2.75, 3.05) is 12.3 Å². The lowest BCUT2D eigenvalue weighted by Crippen LogP contribution is -2.38. The van der Waals surface area contributed by atoms with Gasteiger partial charge in [-0.25, -0.2) is 4.79 Å². The third-order valence-electron chi connectivity index (χ3n) is 4.79. The van der Waals surface area contributed by atoms with Crippen molar-refractivity contribution in [2.24, 2.45) is 0 Å². The smallest absolute Gasteiger partial charge is 0.444 e. The van der Waals surface area contributed by atoms with Gasteiger partial charge in [0.15, 0.2) is 0 Å². The number of hydrogen-bond donors (Lipinski definition) is 2. The molecule has 8 nitrogen and oxygen atoms in total. The standard InChI is InChI=1S/C23H26F3N3O5S/c1-5-27-19(30)15-11-29(10-13-6-8-14(9-7-13)33-23(24,25)26)20(31)17-16(12-35-18(15)17)28-21(32)34-22(2,3)4/h6-9,11,16H,5,10,12H2,1-4H3,(H,27,30)(H,28,32)/t16-/m0/s1. The Morgan fingerprint density at radius 2 is 1.83 bits per heavy atom. The van der Waals surface area contributed by atoms with Crippen molar-refractivity contribution in [1.29, 1.82) is 0 Å². The maximum Gasteiger partial charge on any atom is 0.573 e. The first-order chi connectivity index (χ1) is 16.3. The molecule has 190 valence electrons. The zero-order valence-corrected chi connectivity index (χ0v) is 20.4. The maximum absolute atomic E-state index is 13.4. The fraction of sp³-hybridized carbons (Fsp3) is 0.435. The highest BCUT2D eigenvalue weighted by molar-refractivity contribution is 7.99. The molecule has 0 radical (unpaired) electrons. The summed E-state index contributed by atoms with van der Waals surface area (Å²) in [5.74, 6) is -0.426. The predicted octanol–water partition coefficient (Wildman–Crippen LogP) is 4.22. The Morgan fingerprint density at radius 3 is 2.40 bits per heavy atom. The molecular formula is C23H26F3N3O5S. The molecule has 1 atom stereocenters. The van der Waals surface area contributed by atoms with E-state index in [1.54, 1.807) is 27.7 Å². The van der Waals surface area contributed by atoms with E-state index >= 15 is 0 Å². The van der Waals surface area contributed by atoms with Crippen LogP contribution in [0.4, 0.5) is 18.0 Å². The van der Waals surface area contributed by atoms with Crippen LogP contribution in [0.1, 0.15) is 55.2 Å². The van der Waals surface area contributed by atoms with E-state index in [0.717, 1.165) is 12.1 Å². The SMILES string of the molecule is CCNC(=O)c1cn(Cc2ccc(OC(F)(F)F)cc2)c(=O)c2c1SC[C@@H]2NC(=O)OC(C)(C)C. The number of alkyl halides is 3. The van der Waals surface area contributed by atoms with Crippen molar-refractivity contribution in [3.63, 3.8) is 0 Å². The van der Waals surface area contributed by atoms with E-state index in [-0.39, 0.29) is 29.3 Å². The summed E-state index contributed by atoms with van der Waals surface area (Å²) in [6, 6.07) is 4.42. The van der Waals surface area contributed by atoms with Crippen molar-refractivity contribution >= 4 is 23.8 Å². The van der Waals surface area contributed by atoms with Crippen LogP contribution in [-0.4, -0.2) is 40.8 Å². The normalized spacial score (nSPS) is 15.3. The third kappa shape index (κ3) is 6.93. The monoisotopic (exact) mass is 513 g/mol. The number of amides is 2. The molecule has 2 amide bonds. The van der Waals surface area contributed by atoms with Crippen molar-refractivity contribution in [1.82, 2.24) is 15.2 Å². The molecular weight excluding hydrogens is 487 g/mol. The van der Waals surface area contributed by atoms with E-state index in [1.165, 1.54) is 34.7 Å². The number of pyridine rings is 1. The lowest BCUT2D eigenvalue weighted by molar-refractivity contribution is -0.274. The predicted molar refractivity (Wildman–Crippen MR) is 124 cm³/mol. The molecule has 0 unspecified atom stereocenters. The minimum Gasteiger partial charge on any atom is -0.444 e. The molecule has 12 heteroatoms. The fourth-order valence-corrected chi connectivity index (χ4v) is 4.74. The first-order valence-electron chi connectivity index (χ1n) is 10.8. The molecule has 1 aromatic heterocycles. The van der Waals surface area contributed by atoms with Gasteiger partial charge in [0.25, 0.3) is 11.5 Å². The van der Waals surface area contributed by atoms with Gasteiger partial charge in [-0.1, -0.05) is 12.1 Å². The lowest BCUT2D eigenvalue weighted by atomic mass is 10.1. The average molecular weight is 514 g/mol. The summed E-state index contributed by atoms with van der Waals surface area (Å²) in [6.07, 6.45) is -4.08. The summed E-state index contributed by atoms with van der Waals surface area (Å²) >= 11 is 1.29. The van der Waals surface area contributed by atoms with E-state index in [0.29, 0.717) is 22.8 Å². The van der Waals surface area contributed by atoms with Crippen molar-refractivity contribution < 1.29 is 32.2 Å². The molecule has 0 fully saturated rings. The number of carbonyl (C=O) groups excluding carboxylic acids is 2. The van der Waals surface area contributed by atoms with Gasteiger partial charge in [-0.2, -0.15) is 0 Å². The van der Waals surface area contributed by atoms with E-state index in [2.05, 4.69) is 15.4 Å². The summed E-state index contributed by atoms with van der Waals surface area (Å²) in [5.41, 5.74) is -0.0944. The third-order valence-corrected chi connectivity index (χ3v) is 6.02. The second kappa shape index (κ2) is 10.2. The molecule has 1 aliphatic heterocycles. The number of nitrogens with zero attached hydrogens (tertiary/aromatic N) is 1. The number of alkyl carbamates (subject to hydrolysis) is 1. The van der Waals surface area contributed by atoms with Gasteiger partial charge in [0.05, 0.1) is 23.7 Å². The first kappa shape index (κ1) is 26.5. The van der Waals surface area contributed by atoms with E-state index in [4.69, 9.17) is 4.74 Å². The average Bonchev–Trinajstić information content (AvgIpc) is 3.13. The fourth-order valence-electron chi connectivity index (χ4n) is 3.47. The first-order valence-corrected chi connectivity index (χ1v) is 11.8. The Hall–Kier alpha value is -3.15. The van der Waals surface area contributed by atoms with Crippen molar-refractivity contribution in [2.45, 2.75) is 57.1 Å². The summed E-state index contributed by atoms with van der Waals surface area (Å²) in [7, 11) is 0. The number of fused-ring (bicyclic) bond motifs is 1. The molecule has 2 heterocycles. The molecule has 0 aliphatic carbocycles. The number of benzene rings is 1. The molecule has 2 aromatic rings. The Balaban J connectivity index is 1.95. The van der Waals surface area contributed by atoms with E-state index in [1.807, 2.05) is 0 Å². The summed E-state index contributed by atoms with van der Waals surface area (Å²) in [5, 5.41) is 5.42. The summed E-state index contributed by atoms with van der Waals surface area (Å²) < 4.78 is 47.8. The largest absolute Gasteiger partial charge is 0.573 e. The van der Waals surface area contributed by atoms with Crippen LogP contribution in [0.2, 0.25) is 0 Å². The molecule has 1 aliphatic rings. The highest BCUT2D eigenvalue weighted by Gasteiger charge is 2.34. The number of aromatic nitrogens is 1. The zero-order valence-electron chi connectivity index (χ0n) is 19.6. The number of thioether (sulfide) groups is 1. The van der Waals surface area contributed by atoms with Crippen LogP contribution in [-0.2, 0) is 11.3 Å². The second-order valence-corrected chi connectivity index (χ2v) is 9.81. The number of ether oxygens (including phenoxy) is 2. The highest BCUT2D eigenvalue weighted by Crippen LogP contribution is 2.38. The topological polar surface area (TPSA) is 98.7 Å². The van der Waals surface area contributed by atoms with E-state index < -0.39 is 29.7 Å². The number of carbonyl (C=O) groups is 2. The Morgan fingerprint density at radius 1 is 1.17 bits per heavy atom. The van der Waals surface area contributed by atoms with Gasteiger partial charge >= 0.3 is 12.5 Å². The van der Waals surface area contributed by atoms with Crippen LogP contribution in [0, 0.1) is 0 Å². The zero-order chi connectivity index (χ0) is 26.0. The van der Waals surface area contributed by atoms with Crippen molar-refractivity contribution in [3.05, 3.63) is 57.5 Å². The number of hydrogen-bond acceptors (Lipinski definition) is 6. The van der Waals surface area contributed by atoms with Crippen LogP contribution in [0.3, 0.4) is 0 Å². The van der Waals surface area contributed by atoms with Gasteiger partial charge in [0, 0.05) is 23.4 Å². The van der Waals surface area contributed by atoms with Crippen LogP contribution in [0.25, 0.3) is 0 Å². The quantitative estimate of drug-likeness (QED) is 0.600. The molecule has 35 heavy (non-hydrogen) atoms. The Kier molecular flexibility index (Phi) is 7.73. The summed E-state index contributed by atoms with van der Waals surface area (Å²) in [4.78, 5) is 38.9. The van der Waals surface area contributed by atoms with Gasteiger partial charge < -0.3 is 24.7 Å². The van der Waals surface area contributed by atoms with Crippen LogP contribution >= 0.6 is 11.8 Å². The number of nitrogens with one attached hydrogen (secondary N) is 2. The molecule has 0 saturated carbocycles. The minimum atomic E-state index is -4.81. The molecule has 0 bridgehead atoms. The van der Waals surface area contributed by atoms with Gasteiger partial charge in [-0.3, -0.25) is 9.59 Å². The molecule has 0 spiro atoms. The molecule has 0 saturated heterocycles.